The van der Waals surface area contributed by atoms with Crippen LogP contribution in [0.2, 0.25) is 0 Å². The summed E-state index contributed by atoms with van der Waals surface area (Å²) in [6, 6.07) is 10.3. The highest BCUT2D eigenvalue weighted by Gasteiger charge is 2.26. The molecule has 0 unspecified atom stereocenters. The summed E-state index contributed by atoms with van der Waals surface area (Å²) in [5, 5.41) is 12.7. The molecule has 0 aliphatic heterocycles. The van der Waals surface area contributed by atoms with E-state index < -0.39 is 0 Å². The van der Waals surface area contributed by atoms with Crippen LogP contribution in [0.4, 0.5) is 0 Å². The average Bonchev–Trinajstić information content (AvgIpc) is 3.01. The lowest BCUT2D eigenvalue weighted by atomic mass is 9.87. The molecule has 0 spiro atoms. The third kappa shape index (κ3) is 2.70. The molecule has 2 aromatic rings. The van der Waals surface area contributed by atoms with E-state index in [1.54, 1.807) is 4.90 Å². The molecule has 0 bridgehead atoms. The lowest BCUT2D eigenvalue weighted by Gasteiger charge is -2.33. The quantitative estimate of drug-likeness (QED) is 0.863. The Morgan fingerprint density at radius 1 is 1.50 bits per heavy atom. The molecule has 0 saturated heterocycles. The van der Waals surface area contributed by atoms with Gasteiger partial charge in [0.15, 0.2) is 0 Å². The fourth-order valence-corrected chi connectivity index (χ4v) is 2.98. The van der Waals surface area contributed by atoms with E-state index in [4.69, 9.17) is 5.26 Å². The maximum Gasteiger partial charge on any atom is 0.252 e. The van der Waals surface area contributed by atoms with Crippen molar-refractivity contribution in [1.82, 2.24) is 19.7 Å². The molecular weight excluding hydrogens is 278 g/mol. The standard InChI is InChI=1S/C16H17N5O/c1-20(16(22)10-21-11-18-15(9-17)19-21)14-8-4-6-12-5-2-3-7-13(12)14/h2-3,5,7,11,14H,4,6,8,10H2,1H3/t14-/m0/s1. The Morgan fingerprint density at radius 2 is 2.32 bits per heavy atom. The van der Waals surface area contributed by atoms with Gasteiger partial charge in [0, 0.05) is 7.05 Å². The number of rotatable bonds is 3. The van der Waals surface area contributed by atoms with Crippen LogP contribution in [-0.4, -0.2) is 32.6 Å². The first-order chi connectivity index (χ1) is 10.7. The maximum atomic E-state index is 12.5. The van der Waals surface area contributed by atoms with Crippen LogP contribution in [-0.2, 0) is 17.8 Å². The number of aryl methyl sites for hydroxylation is 1. The van der Waals surface area contributed by atoms with Crippen molar-refractivity contribution in [2.45, 2.75) is 31.8 Å². The lowest BCUT2D eigenvalue weighted by Crippen LogP contribution is -2.35. The summed E-state index contributed by atoms with van der Waals surface area (Å²) in [7, 11) is 1.83. The first-order valence-corrected chi connectivity index (χ1v) is 7.32. The molecule has 0 saturated carbocycles. The highest BCUT2D eigenvalue weighted by Crippen LogP contribution is 2.33. The molecule has 112 valence electrons. The fourth-order valence-electron chi connectivity index (χ4n) is 2.98. The van der Waals surface area contributed by atoms with Crippen molar-refractivity contribution in [3.63, 3.8) is 0 Å². The summed E-state index contributed by atoms with van der Waals surface area (Å²) in [6.07, 6.45) is 4.55. The van der Waals surface area contributed by atoms with Gasteiger partial charge in [-0.1, -0.05) is 24.3 Å². The third-order valence-electron chi connectivity index (χ3n) is 4.13. The first-order valence-electron chi connectivity index (χ1n) is 7.32. The minimum atomic E-state index is -0.0314. The Hall–Kier alpha value is -2.68. The molecule has 1 aromatic heterocycles. The predicted molar refractivity (Wildman–Crippen MR) is 79.6 cm³/mol. The molecule has 0 N–H and O–H groups in total. The zero-order valence-electron chi connectivity index (χ0n) is 12.4. The van der Waals surface area contributed by atoms with Crippen LogP contribution < -0.4 is 0 Å². The monoisotopic (exact) mass is 295 g/mol. The van der Waals surface area contributed by atoms with E-state index >= 15 is 0 Å². The molecule has 22 heavy (non-hydrogen) atoms. The maximum absolute atomic E-state index is 12.5. The van der Waals surface area contributed by atoms with Gasteiger partial charge >= 0.3 is 0 Å². The number of carbonyl (C=O) groups excluding carboxylic acids is 1. The van der Waals surface area contributed by atoms with Gasteiger partial charge in [-0.25, -0.2) is 9.67 Å². The van der Waals surface area contributed by atoms with E-state index in [-0.39, 0.29) is 24.3 Å². The number of amides is 1. The molecule has 1 aliphatic carbocycles. The average molecular weight is 295 g/mol. The van der Waals surface area contributed by atoms with Gasteiger partial charge < -0.3 is 4.90 Å². The van der Waals surface area contributed by atoms with Crippen LogP contribution in [0.3, 0.4) is 0 Å². The van der Waals surface area contributed by atoms with Crippen molar-refractivity contribution < 1.29 is 4.79 Å². The molecular formula is C16H17N5O. The zero-order valence-corrected chi connectivity index (χ0v) is 12.4. The van der Waals surface area contributed by atoms with Gasteiger partial charge in [-0.15, -0.1) is 5.10 Å². The molecule has 0 fully saturated rings. The molecule has 1 amide bonds. The Morgan fingerprint density at radius 3 is 3.09 bits per heavy atom. The summed E-state index contributed by atoms with van der Waals surface area (Å²) >= 11 is 0. The van der Waals surface area contributed by atoms with Crippen LogP contribution in [0.1, 0.15) is 35.8 Å². The number of hydrogen-bond donors (Lipinski definition) is 0. The second kappa shape index (κ2) is 5.98. The summed E-state index contributed by atoms with van der Waals surface area (Å²) in [5.74, 6) is 0.0505. The predicted octanol–water partition coefficient (Wildman–Crippen LogP) is 1.69. The Bertz CT molecular complexity index is 730. The minimum Gasteiger partial charge on any atom is -0.337 e. The Labute approximate surface area is 129 Å². The van der Waals surface area contributed by atoms with E-state index in [0.717, 1.165) is 19.3 Å². The zero-order chi connectivity index (χ0) is 15.5. The summed E-state index contributed by atoms with van der Waals surface area (Å²) in [5.41, 5.74) is 2.56. The van der Waals surface area contributed by atoms with Gasteiger partial charge in [0.1, 0.15) is 18.9 Å². The van der Waals surface area contributed by atoms with Crippen LogP contribution in [0.15, 0.2) is 30.6 Å². The largest absolute Gasteiger partial charge is 0.337 e. The number of nitrogens with zero attached hydrogens (tertiary/aromatic N) is 5. The molecule has 0 radical (unpaired) electrons. The van der Waals surface area contributed by atoms with Crippen molar-refractivity contribution in [3.8, 4) is 6.07 Å². The second-order valence-corrected chi connectivity index (χ2v) is 5.49. The fraction of sp³-hybridized carbons (Fsp3) is 0.375. The highest BCUT2D eigenvalue weighted by molar-refractivity contribution is 5.76. The van der Waals surface area contributed by atoms with Gasteiger partial charge in [-0.05, 0) is 30.4 Å². The molecule has 1 heterocycles. The van der Waals surface area contributed by atoms with Crippen molar-refractivity contribution in [3.05, 3.63) is 47.5 Å². The first kappa shape index (κ1) is 14.3. The summed E-state index contributed by atoms with van der Waals surface area (Å²) < 4.78 is 1.41. The van der Waals surface area contributed by atoms with Crippen molar-refractivity contribution in [2.75, 3.05) is 7.05 Å². The lowest BCUT2D eigenvalue weighted by molar-refractivity contribution is -0.133. The molecule has 6 heteroatoms. The molecule has 6 nitrogen and oxygen atoms in total. The normalized spacial score (nSPS) is 16.6. The summed E-state index contributed by atoms with van der Waals surface area (Å²) in [4.78, 5) is 18.1. The topological polar surface area (TPSA) is 74.8 Å². The van der Waals surface area contributed by atoms with Gasteiger partial charge in [0.25, 0.3) is 5.82 Å². The van der Waals surface area contributed by atoms with Crippen molar-refractivity contribution in [1.29, 1.82) is 5.26 Å². The van der Waals surface area contributed by atoms with Gasteiger partial charge in [-0.3, -0.25) is 4.79 Å². The number of fused-ring (bicyclic) bond motifs is 1. The van der Waals surface area contributed by atoms with E-state index in [9.17, 15) is 4.79 Å². The SMILES string of the molecule is CN(C(=O)Cn1cnc(C#N)n1)[C@H]1CCCc2ccccc21. The number of nitriles is 1. The number of benzene rings is 1. The van der Waals surface area contributed by atoms with Crippen LogP contribution in [0, 0.1) is 11.3 Å². The molecule has 1 aliphatic rings. The van der Waals surface area contributed by atoms with Gasteiger partial charge in [-0.2, -0.15) is 5.26 Å². The molecule has 3 rings (SSSR count). The Kier molecular flexibility index (Phi) is 3.88. The molecule has 1 aromatic carbocycles. The minimum absolute atomic E-state index is 0.0314. The van der Waals surface area contributed by atoms with E-state index in [0.29, 0.717) is 0 Å². The number of carbonyl (C=O) groups is 1. The van der Waals surface area contributed by atoms with E-state index in [1.807, 2.05) is 25.2 Å². The molecule has 1 atom stereocenters. The van der Waals surface area contributed by atoms with Crippen LogP contribution in [0.5, 0.6) is 0 Å². The van der Waals surface area contributed by atoms with Gasteiger partial charge in [0.05, 0.1) is 6.04 Å². The number of hydrogen-bond acceptors (Lipinski definition) is 4. The summed E-state index contributed by atoms with van der Waals surface area (Å²) in [6.45, 7) is 0.101. The van der Waals surface area contributed by atoms with E-state index in [1.165, 1.54) is 22.1 Å². The third-order valence-corrected chi connectivity index (χ3v) is 4.13. The number of aromatic nitrogens is 3. The van der Waals surface area contributed by atoms with Gasteiger partial charge in [0.2, 0.25) is 5.91 Å². The van der Waals surface area contributed by atoms with Crippen molar-refractivity contribution >= 4 is 5.91 Å². The Balaban J connectivity index is 1.75. The van der Waals surface area contributed by atoms with Crippen molar-refractivity contribution in [2.24, 2.45) is 0 Å². The smallest absolute Gasteiger partial charge is 0.252 e. The van der Waals surface area contributed by atoms with E-state index in [2.05, 4.69) is 22.2 Å². The second-order valence-electron chi connectivity index (χ2n) is 5.49. The number of likely N-dealkylation sites (N-methyl/N-ethyl adjacent to an activating group) is 1. The highest BCUT2D eigenvalue weighted by atomic mass is 16.2. The van der Waals surface area contributed by atoms with Crippen LogP contribution >= 0.6 is 0 Å². The van der Waals surface area contributed by atoms with Crippen LogP contribution in [0.25, 0.3) is 0 Å².